The molecule has 0 aliphatic carbocycles. The van der Waals surface area contributed by atoms with Crippen LogP contribution in [0, 0.1) is 11.3 Å². The molecule has 2 aromatic carbocycles. The molecule has 28 heavy (non-hydrogen) atoms. The van der Waals surface area contributed by atoms with E-state index in [1.165, 1.54) is 12.4 Å². The van der Waals surface area contributed by atoms with E-state index in [1.807, 2.05) is 35.2 Å². The normalized spacial score (nSPS) is 16.5. The van der Waals surface area contributed by atoms with Crippen LogP contribution in [0.1, 0.15) is 24.1 Å². The second kappa shape index (κ2) is 8.05. The Morgan fingerprint density at radius 3 is 2.89 bits per heavy atom. The van der Waals surface area contributed by atoms with Crippen LogP contribution >= 0.6 is 0 Å². The fraction of sp³-hybridized carbons (Fsp3) is 0.273. The van der Waals surface area contributed by atoms with Crippen molar-refractivity contribution in [3.05, 3.63) is 66.1 Å². The lowest BCUT2D eigenvalue weighted by Crippen LogP contribution is -2.45. The number of rotatable bonds is 4. The second-order valence-electron chi connectivity index (χ2n) is 6.86. The summed E-state index contributed by atoms with van der Waals surface area (Å²) in [5.74, 6) is 0.322. The fourth-order valence-corrected chi connectivity index (χ4v) is 3.63. The van der Waals surface area contributed by atoms with Gasteiger partial charge in [-0.1, -0.05) is 42.5 Å². The second-order valence-corrected chi connectivity index (χ2v) is 6.86. The third kappa shape index (κ3) is 3.79. The van der Waals surface area contributed by atoms with Crippen molar-refractivity contribution in [2.45, 2.75) is 25.4 Å². The molecule has 1 atom stereocenters. The number of fused-ring (bicyclic) bond motifs is 1. The molecule has 1 aliphatic rings. The molecule has 1 aromatic heterocycles. The first-order valence-corrected chi connectivity index (χ1v) is 9.37. The predicted molar refractivity (Wildman–Crippen MR) is 105 cm³/mol. The van der Waals surface area contributed by atoms with E-state index >= 15 is 0 Å². The summed E-state index contributed by atoms with van der Waals surface area (Å²) in [7, 11) is 0. The summed E-state index contributed by atoms with van der Waals surface area (Å²) in [5, 5.41) is 11.4. The number of piperidine rings is 1. The first-order valence-electron chi connectivity index (χ1n) is 9.37. The van der Waals surface area contributed by atoms with Gasteiger partial charge < -0.3 is 9.64 Å². The van der Waals surface area contributed by atoms with Crippen molar-refractivity contribution < 1.29 is 9.53 Å². The predicted octanol–water partition coefficient (Wildman–Crippen LogP) is 3.11. The van der Waals surface area contributed by atoms with Crippen molar-refractivity contribution >= 4 is 16.7 Å². The third-order valence-electron chi connectivity index (χ3n) is 5.00. The lowest BCUT2D eigenvalue weighted by Gasteiger charge is -2.32. The molecule has 140 valence electrons. The molecule has 1 unspecified atom stereocenters. The summed E-state index contributed by atoms with van der Waals surface area (Å²) in [6, 6.07) is 16.2. The summed E-state index contributed by atoms with van der Waals surface area (Å²) in [6.45, 7) is 1.21. The molecule has 1 aliphatic heterocycles. The molecule has 0 N–H and O–H groups in total. The zero-order valence-electron chi connectivity index (χ0n) is 15.4. The average molecular weight is 372 g/mol. The minimum Gasteiger partial charge on any atom is -0.470 e. The molecule has 6 nitrogen and oxygen atoms in total. The molecule has 2 heterocycles. The lowest BCUT2D eigenvalue weighted by atomic mass is 10.0. The van der Waals surface area contributed by atoms with E-state index in [2.05, 4.69) is 28.2 Å². The number of hydrogen-bond donors (Lipinski definition) is 0. The average Bonchev–Trinajstić information content (AvgIpc) is 2.74. The van der Waals surface area contributed by atoms with Gasteiger partial charge in [0, 0.05) is 18.9 Å². The van der Waals surface area contributed by atoms with Gasteiger partial charge in [0.05, 0.1) is 13.0 Å². The molecular weight excluding hydrogens is 352 g/mol. The van der Waals surface area contributed by atoms with Gasteiger partial charge in [0.2, 0.25) is 11.6 Å². The van der Waals surface area contributed by atoms with Crippen LogP contribution in [0.5, 0.6) is 5.88 Å². The molecule has 3 aromatic rings. The van der Waals surface area contributed by atoms with Gasteiger partial charge in [0.1, 0.15) is 12.2 Å². The Hall–Kier alpha value is -3.46. The minimum atomic E-state index is -0.186. The van der Waals surface area contributed by atoms with Crippen molar-refractivity contribution in [1.82, 2.24) is 14.9 Å². The first-order chi connectivity index (χ1) is 13.7. The molecule has 1 fully saturated rings. The number of hydrogen-bond acceptors (Lipinski definition) is 5. The summed E-state index contributed by atoms with van der Waals surface area (Å²) >= 11 is 0. The Bertz CT molecular complexity index is 1040. The van der Waals surface area contributed by atoms with Crippen LogP contribution in [0.4, 0.5) is 0 Å². The molecule has 0 radical (unpaired) electrons. The SMILES string of the molecule is N#Cc1nccnc1OC1CCCN(C(=O)Cc2cccc3ccccc23)C1. The molecule has 4 rings (SSSR count). The monoisotopic (exact) mass is 372 g/mol. The van der Waals surface area contributed by atoms with Crippen LogP contribution in [0.2, 0.25) is 0 Å². The van der Waals surface area contributed by atoms with E-state index in [0.29, 0.717) is 13.0 Å². The zero-order chi connectivity index (χ0) is 19.3. The number of carbonyl (C=O) groups excluding carboxylic acids is 1. The number of ether oxygens (including phenoxy) is 1. The van der Waals surface area contributed by atoms with Crippen molar-refractivity contribution in [2.75, 3.05) is 13.1 Å². The standard InChI is InChI=1S/C22H20N4O2/c23-14-20-22(25-11-10-24-20)28-18-8-4-12-26(15-18)21(27)13-17-7-3-6-16-5-1-2-9-19(16)17/h1-3,5-7,9-11,18H,4,8,12-13,15H2. The highest BCUT2D eigenvalue weighted by Gasteiger charge is 2.26. The molecular formula is C22H20N4O2. The highest BCUT2D eigenvalue weighted by molar-refractivity contribution is 5.90. The quantitative estimate of drug-likeness (QED) is 0.703. The Labute approximate surface area is 163 Å². The molecule has 0 saturated carbocycles. The van der Waals surface area contributed by atoms with E-state index in [4.69, 9.17) is 10.00 Å². The summed E-state index contributed by atoms with van der Waals surface area (Å²) in [6.07, 6.45) is 4.82. The van der Waals surface area contributed by atoms with Crippen molar-refractivity contribution in [3.8, 4) is 11.9 Å². The Morgan fingerprint density at radius 2 is 2.00 bits per heavy atom. The fourth-order valence-electron chi connectivity index (χ4n) is 3.63. The van der Waals surface area contributed by atoms with Crippen LogP contribution in [0.15, 0.2) is 54.9 Å². The van der Waals surface area contributed by atoms with E-state index in [9.17, 15) is 4.79 Å². The van der Waals surface area contributed by atoms with Gasteiger partial charge in [-0.2, -0.15) is 5.26 Å². The smallest absolute Gasteiger partial charge is 0.251 e. The van der Waals surface area contributed by atoms with Crippen LogP contribution in [0.25, 0.3) is 10.8 Å². The summed E-state index contributed by atoms with van der Waals surface area (Å²) in [4.78, 5) is 22.8. The first kappa shape index (κ1) is 17.9. The molecule has 1 amide bonds. The minimum absolute atomic E-state index is 0.0873. The van der Waals surface area contributed by atoms with Crippen LogP contribution in [-0.2, 0) is 11.2 Å². The van der Waals surface area contributed by atoms with E-state index in [1.54, 1.807) is 0 Å². The summed E-state index contributed by atoms with van der Waals surface area (Å²) in [5.41, 5.74) is 1.20. The van der Waals surface area contributed by atoms with Crippen molar-refractivity contribution in [3.63, 3.8) is 0 Å². The zero-order valence-corrected chi connectivity index (χ0v) is 15.4. The van der Waals surface area contributed by atoms with E-state index in [-0.39, 0.29) is 23.6 Å². The number of likely N-dealkylation sites (tertiary alicyclic amines) is 1. The van der Waals surface area contributed by atoms with Crippen LogP contribution in [-0.4, -0.2) is 40.0 Å². The molecule has 0 bridgehead atoms. The number of amides is 1. The van der Waals surface area contributed by atoms with Gasteiger partial charge >= 0.3 is 0 Å². The molecule has 0 spiro atoms. The Balaban J connectivity index is 1.45. The Morgan fingerprint density at radius 1 is 1.18 bits per heavy atom. The van der Waals surface area contributed by atoms with E-state index in [0.717, 1.165) is 35.7 Å². The lowest BCUT2D eigenvalue weighted by molar-refractivity contribution is -0.133. The van der Waals surface area contributed by atoms with Crippen molar-refractivity contribution in [1.29, 1.82) is 5.26 Å². The third-order valence-corrected chi connectivity index (χ3v) is 5.00. The topological polar surface area (TPSA) is 79.1 Å². The molecule has 1 saturated heterocycles. The van der Waals surface area contributed by atoms with Crippen LogP contribution in [0.3, 0.4) is 0 Å². The maximum atomic E-state index is 12.9. The van der Waals surface area contributed by atoms with Gasteiger partial charge in [-0.25, -0.2) is 9.97 Å². The molecule has 6 heteroatoms. The number of nitrogens with zero attached hydrogens (tertiary/aromatic N) is 4. The highest BCUT2D eigenvalue weighted by Crippen LogP contribution is 2.22. The highest BCUT2D eigenvalue weighted by atomic mass is 16.5. The van der Waals surface area contributed by atoms with Crippen molar-refractivity contribution in [2.24, 2.45) is 0 Å². The van der Waals surface area contributed by atoms with Gasteiger partial charge in [0.15, 0.2) is 0 Å². The summed E-state index contributed by atoms with van der Waals surface area (Å²) < 4.78 is 5.89. The number of carbonyl (C=O) groups is 1. The van der Waals surface area contributed by atoms with Gasteiger partial charge in [0.25, 0.3) is 5.88 Å². The number of aromatic nitrogens is 2. The van der Waals surface area contributed by atoms with Gasteiger partial charge in [-0.15, -0.1) is 0 Å². The van der Waals surface area contributed by atoms with Gasteiger partial charge in [-0.3, -0.25) is 4.79 Å². The largest absolute Gasteiger partial charge is 0.470 e. The number of benzene rings is 2. The van der Waals surface area contributed by atoms with Gasteiger partial charge in [-0.05, 0) is 29.2 Å². The van der Waals surface area contributed by atoms with E-state index < -0.39 is 0 Å². The Kier molecular flexibility index (Phi) is 5.16. The maximum Gasteiger partial charge on any atom is 0.251 e. The van der Waals surface area contributed by atoms with Crippen LogP contribution < -0.4 is 4.74 Å². The maximum absolute atomic E-state index is 12.9. The number of nitriles is 1.